The van der Waals surface area contributed by atoms with Crippen LogP contribution in [0.1, 0.15) is 13.3 Å². The van der Waals surface area contributed by atoms with Gasteiger partial charge in [0, 0.05) is 7.05 Å². The summed E-state index contributed by atoms with van der Waals surface area (Å²) in [5.74, 6) is -0.514. The summed E-state index contributed by atoms with van der Waals surface area (Å²) >= 11 is 3.21. The van der Waals surface area contributed by atoms with Gasteiger partial charge in [0.2, 0.25) is 5.91 Å². The Balaban J connectivity index is 4.03. The first kappa shape index (κ1) is 12.4. The van der Waals surface area contributed by atoms with Gasteiger partial charge in [0.25, 0.3) is 0 Å². The lowest BCUT2D eigenvalue weighted by atomic mass is 10.3. The van der Waals surface area contributed by atoms with Gasteiger partial charge in [-0.3, -0.25) is 9.59 Å². The number of ether oxygens (including phenoxy) is 1. The fraction of sp³-hybridized carbons (Fsp3) is 0.750. The molecule has 0 fully saturated rings. The molecule has 0 radical (unpaired) electrons. The minimum absolute atomic E-state index is 0.00255. The third kappa shape index (κ3) is 4.26. The van der Waals surface area contributed by atoms with E-state index in [1.54, 1.807) is 7.05 Å². The molecule has 0 heterocycles. The summed E-state index contributed by atoms with van der Waals surface area (Å²) in [6.07, 6.45) is 0.699. The van der Waals surface area contributed by atoms with E-state index in [-0.39, 0.29) is 17.3 Å². The average molecular weight is 252 g/mol. The van der Waals surface area contributed by atoms with Crippen molar-refractivity contribution in [3.8, 4) is 0 Å². The van der Waals surface area contributed by atoms with Crippen LogP contribution in [0.5, 0.6) is 0 Å². The molecule has 1 unspecified atom stereocenters. The van der Waals surface area contributed by atoms with Crippen molar-refractivity contribution in [3.05, 3.63) is 0 Å². The lowest BCUT2D eigenvalue weighted by Gasteiger charge is -2.18. The van der Waals surface area contributed by atoms with Crippen LogP contribution in [-0.4, -0.2) is 42.3 Å². The van der Waals surface area contributed by atoms with E-state index in [4.69, 9.17) is 0 Å². The normalized spacial score (nSPS) is 12.0. The summed E-state index contributed by atoms with van der Waals surface area (Å²) in [7, 11) is 2.87. The van der Waals surface area contributed by atoms with Gasteiger partial charge in [0.05, 0.1) is 11.9 Å². The van der Waals surface area contributed by atoms with Gasteiger partial charge >= 0.3 is 5.97 Å². The minimum atomic E-state index is -0.411. The molecule has 0 spiro atoms. The maximum absolute atomic E-state index is 11.4. The first-order valence-corrected chi connectivity index (χ1v) is 4.90. The van der Waals surface area contributed by atoms with Gasteiger partial charge in [-0.1, -0.05) is 22.9 Å². The zero-order valence-corrected chi connectivity index (χ0v) is 9.63. The molecule has 1 amide bonds. The zero-order chi connectivity index (χ0) is 10.4. The van der Waals surface area contributed by atoms with Crippen LogP contribution in [0.25, 0.3) is 0 Å². The molecular formula is C8H14BrNO3. The van der Waals surface area contributed by atoms with Gasteiger partial charge in [-0.05, 0) is 6.42 Å². The number of carbonyl (C=O) groups is 2. The molecule has 1 atom stereocenters. The second-order valence-electron chi connectivity index (χ2n) is 2.65. The number of amides is 1. The minimum Gasteiger partial charge on any atom is -0.468 e. The number of alkyl halides is 1. The van der Waals surface area contributed by atoms with Crippen LogP contribution < -0.4 is 0 Å². The Labute approximate surface area is 86.4 Å². The van der Waals surface area contributed by atoms with Crippen LogP contribution in [0.3, 0.4) is 0 Å². The molecule has 76 valence electrons. The number of esters is 1. The number of hydrogen-bond acceptors (Lipinski definition) is 3. The Kier molecular flexibility index (Phi) is 5.70. The summed E-state index contributed by atoms with van der Waals surface area (Å²) in [6, 6.07) is 0. The van der Waals surface area contributed by atoms with Gasteiger partial charge in [0.15, 0.2) is 0 Å². The van der Waals surface area contributed by atoms with Crippen molar-refractivity contribution in [1.82, 2.24) is 4.90 Å². The third-order valence-corrected chi connectivity index (χ3v) is 2.64. The quantitative estimate of drug-likeness (QED) is 0.549. The Bertz CT molecular complexity index is 196. The number of methoxy groups -OCH3 is 1. The van der Waals surface area contributed by atoms with E-state index in [1.165, 1.54) is 12.0 Å². The van der Waals surface area contributed by atoms with E-state index in [1.807, 2.05) is 6.92 Å². The summed E-state index contributed by atoms with van der Waals surface area (Å²) in [4.78, 5) is 23.3. The summed E-state index contributed by atoms with van der Waals surface area (Å²) in [6.45, 7) is 1.89. The Hall–Kier alpha value is -0.580. The number of halogens is 1. The fourth-order valence-corrected chi connectivity index (χ4v) is 1.10. The van der Waals surface area contributed by atoms with E-state index in [0.717, 1.165) is 0 Å². The maximum Gasteiger partial charge on any atom is 0.325 e. The van der Waals surface area contributed by atoms with Crippen molar-refractivity contribution in [2.75, 3.05) is 20.7 Å². The van der Waals surface area contributed by atoms with Crippen LogP contribution >= 0.6 is 15.9 Å². The molecular weight excluding hydrogens is 238 g/mol. The molecule has 0 bridgehead atoms. The first-order valence-electron chi connectivity index (χ1n) is 3.98. The smallest absolute Gasteiger partial charge is 0.325 e. The highest BCUT2D eigenvalue weighted by Crippen LogP contribution is 2.07. The molecule has 0 saturated heterocycles. The van der Waals surface area contributed by atoms with Crippen molar-refractivity contribution >= 4 is 27.8 Å². The Morgan fingerprint density at radius 3 is 2.46 bits per heavy atom. The van der Waals surface area contributed by atoms with Gasteiger partial charge in [-0.2, -0.15) is 0 Å². The summed E-state index contributed by atoms with van der Waals surface area (Å²) < 4.78 is 4.44. The summed E-state index contributed by atoms with van der Waals surface area (Å²) in [5.41, 5.74) is 0. The van der Waals surface area contributed by atoms with E-state index < -0.39 is 5.97 Å². The standard InChI is InChI=1S/C8H14BrNO3/c1-4-6(9)8(12)10(2)5-7(11)13-3/h6H,4-5H2,1-3H3. The molecule has 0 aromatic rings. The number of likely N-dealkylation sites (N-methyl/N-ethyl adjacent to an activating group) is 1. The van der Waals surface area contributed by atoms with Crippen molar-refractivity contribution in [2.45, 2.75) is 18.2 Å². The number of nitrogens with zero attached hydrogens (tertiary/aromatic N) is 1. The predicted molar refractivity (Wildman–Crippen MR) is 52.7 cm³/mol. The molecule has 0 saturated carbocycles. The molecule has 0 aromatic heterocycles. The second kappa shape index (κ2) is 5.96. The SMILES string of the molecule is CCC(Br)C(=O)N(C)CC(=O)OC. The molecule has 5 heteroatoms. The van der Waals surface area contributed by atoms with Gasteiger partial charge in [0.1, 0.15) is 6.54 Å². The summed E-state index contributed by atoms with van der Waals surface area (Å²) in [5, 5.41) is 0. The highest BCUT2D eigenvalue weighted by Gasteiger charge is 2.19. The van der Waals surface area contributed by atoms with Crippen LogP contribution in [0.2, 0.25) is 0 Å². The average Bonchev–Trinajstić information content (AvgIpc) is 2.14. The molecule has 13 heavy (non-hydrogen) atoms. The van der Waals surface area contributed by atoms with Crippen LogP contribution in [0.4, 0.5) is 0 Å². The number of rotatable bonds is 4. The van der Waals surface area contributed by atoms with E-state index in [2.05, 4.69) is 20.7 Å². The van der Waals surface area contributed by atoms with Crippen LogP contribution in [0, 0.1) is 0 Å². The lowest BCUT2D eigenvalue weighted by Crippen LogP contribution is -2.37. The van der Waals surface area contributed by atoms with Crippen LogP contribution in [0.15, 0.2) is 0 Å². The maximum atomic E-state index is 11.4. The van der Waals surface area contributed by atoms with Gasteiger partial charge in [-0.25, -0.2) is 0 Å². The topological polar surface area (TPSA) is 46.6 Å². The lowest BCUT2D eigenvalue weighted by molar-refractivity contribution is -0.145. The van der Waals surface area contributed by atoms with E-state index in [9.17, 15) is 9.59 Å². The van der Waals surface area contributed by atoms with Gasteiger partial charge < -0.3 is 9.64 Å². The Morgan fingerprint density at radius 1 is 1.54 bits per heavy atom. The molecule has 0 N–H and O–H groups in total. The largest absolute Gasteiger partial charge is 0.468 e. The highest BCUT2D eigenvalue weighted by atomic mass is 79.9. The Morgan fingerprint density at radius 2 is 2.08 bits per heavy atom. The van der Waals surface area contributed by atoms with Crippen molar-refractivity contribution in [2.24, 2.45) is 0 Å². The van der Waals surface area contributed by atoms with E-state index >= 15 is 0 Å². The predicted octanol–water partition coefficient (Wildman–Crippen LogP) is 0.791. The molecule has 0 aliphatic rings. The monoisotopic (exact) mass is 251 g/mol. The first-order chi connectivity index (χ1) is 6.02. The zero-order valence-electron chi connectivity index (χ0n) is 8.04. The number of hydrogen-bond donors (Lipinski definition) is 0. The van der Waals surface area contributed by atoms with Crippen molar-refractivity contribution in [1.29, 1.82) is 0 Å². The highest BCUT2D eigenvalue weighted by molar-refractivity contribution is 9.10. The number of carbonyl (C=O) groups excluding carboxylic acids is 2. The van der Waals surface area contributed by atoms with Gasteiger partial charge in [-0.15, -0.1) is 0 Å². The molecule has 0 aromatic carbocycles. The third-order valence-electron chi connectivity index (χ3n) is 1.60. The van der Waals surface area contributed by atoms with Crippen LogP contribution in [-0.2, 0) is 14.3 Å². The molecule has 0 rings (SSSR count). The molecule has 0 aliphatic carbocycles. The van der Waals surface area contributed by atoms with E-state index in [0.29, 0.717) is 6.42 Å². The molecule has 0 aliphatic heterocycles. The van der Waals surface area contributed by atoms with Crippen molar-refractivity contribution < 1.29 is 14.3 Å². The molecule has 4 nitrogen and oxygen atoms in total. The van der Waals surface area contributed by atoms with Crippen molar-refractivity contribution in [3.63, 3.8) is 0 Å². The fourth-order valence-electron chi connectivity index (χ4n) is 0.750. The second-order valence-corrected chi connectivity index (χ2v) is 3.75.